The van der Waals surface area contributed by atoms with Crippen LogP contribution in [0.1, 0.15) is 57.7 Å². The first-order valence-corrected chi connectivity index (χ1v) is 12.2. The Morgan fingerprint density at radius 3 is 2.62 bits per heavy atom. The number of ketones is 1. The van der Waals surface area contributed by atoms with Crippen molar-refractivity contribution in [2.45, 2.75) is 58.5 Å². The van der Waals surface area contributed by atoms with Gasteiger partial charge in [0.25, 0.3) is 5.91 Å². The number of hydrazine groups is 1. The molecule has 3 N–H and O–H groups in total. The van der Waals surface area contributed by atoms with Crippen molar-refractivity contribution in [1.82, 2.24) is 26.1 Å². The van der Waals surface area contributed by atoms with E-state index in [4.69, 9.17) is 0 Å². The van der Waals surface area contributed by atoms with Crippen molar-refractivity contribution in [3.63, 3.8) is 0 Å². The monoisotopic (exact) mass is 577 g/mol. The third-order valence-corrected chi connectivity index (χ3v) is 6.03. The Labute approximate surface area is 267 Å². The van der Waals surface area contributed by atoms with Crippen molar-refractivity contribution >= 4 is 40.5 Å². The Bertz CT molecular complexity index is 1170. The molecule has 192 valence electrons. The fourth-order valence-corrected chi connectivity index (χ4v) is 3.89. The van der Waals surface area contributed by atoms with Crippen LogP contribution in [0.5, 0.6) is 0 Å². The number of benzene rings is 1. The molecular formula is C27H34N5O4Rb. The van der Waals surface area contributed by atoms with Gasteiger partial charge in [0, 0.05) is 11.9 Å². The van der Waals surface area contributed by atoms with E-state index in [0.29, 0.717) is 25.3 Å². The summed E-state index contributed by atoms with van der Waals surface area (Å²) >= 11 is 0. The maximum atomic E-state index is 12.6. The maximum absolute atomic E-state index is 12.6. The van der Waals surface area contributed by atoms with E-state index in [-0.39, 0.29) is 76.4 Å². The third kappa shape index (κ3) is 9.40. The van der Waals surface area contributed by atoms with Gasteiger partial charge in [-0.15, -0.1) is 6.42 Å². The van der Waals surface area contributed by atoms with E-state index in [1.807, 2.05) is 12.1 Å². The standard InChI is InChI=1S/C27H34N5O4.Rb/c1-17(2)21-11-10-20-12-13-22(30-24(20)15-21)7-5-9-25(34)28-16-26(35)29-18(3)27(36)32-14-6-8-23(31-32)19(4)33;/h5,7,9-13,15,17-18,23,31H,6,8,14,16H2,1-4H3,(H,28,34)(H,29,35);/q-1;+1/b7-5+;. The Morgan fingerprint density at radius 2 is 1.92 bits per heavy atom. The molecule has 0 bridgehead atoms. The largest absolute Gasteiger partial charge is 1.00 e. The summed E-state index contributed by atoms with van der Waals surface area (Å²) in [4.78, 5) is 53.1. The predicted octanol–water partition coefficient (Wildman–Crippen LogP) is -0.715. The van der Waals surface area contributed by atoms with Gasteiger partial charge in [0.05, 0.1) is 18.1 Å². The molecule has 0 spiro atoms. The fourth-order valence-electron chi connectivity index (χ4n) is 3.89. The quantitative estimate of drug-likeness (QED) is 0.339. The van der Waals surface area contributed by atoms with Crippen LogP contribution in [0.3, 0.4) is 0 Å². The van der Waals surface area contributed by atoms with E-state index >= 15 is 0 Å². The first-order chi connectivity index (χ1) is 17.1. The predicted molar refractivity (Wildman–Crippen MR) is 138 cm³/mol. The summed E-state index contributed by atoms with van der Waals surface area (Å²) in [6, 6.07) is 8.89. The average Bonchev–Trinajstić information content (AvgIpc) is 2.86. The van der Waals surface area contributed by atoms with Crippen molar-refractivity contribution in [3.8, 4) is 0 Å². The first-order valence-electron chi connectivity index (χ1n) is 12.2. The summed E-state index contributed by atoms with van der Waals surface area (Å²) in [5, 5.41) is 7.50. The van der Waals surface area contributed by atoms with Crippen LogP contribution < -0.4 is 74.2 Å². The van der Waals surface area contributed by atoms with Gasteiger partial charge in [-0.05, 0) is 49.9 Å². The zero-order valence-corrected chi connectivity index (χ0v) is 27.1. The molecule has 1 aromatic heterocycles. The van der Waals surface area contributed by atoms with Gasteiger partial charge in [0.15, 0.2) is 5.91 Å². The normalized spacial score (nSPS) is 16.2. The molecule has 3 amide bonds. The van der Waals surface area contributed by atoms with Crippen molar-refractivity contribution in [2.75, 3.05) is 13.1 Å². The van der Waals surface area contributed by atoms with Gasteiger partial charge < -0.3 is 10.6 Å². The molecule has 0 aliphatic carbocycles. The topological polar surface area (TPSA) is 121 Å². The summed E-state index contributed by atoms with van der Waals surface area (Å²) in [5.41, 5.74) is 5.73. The molecular weight excluding hydrogens is 544 g/mol. The van der Waals surface area contributed by atoms with Crippen LogP contribution in [-0.2, 0) is 19.2 Å². The van der Waals surface area contributed by atoms with Gasteiger partial charge in [-0.2, -0.15) is 6.08 Å². The van der Waals surface area contributed by atoms with Crippen LogP contribution in [-0.4, -0.2) is 58.7 Å². The molecule has 2 aromatic rings. The third-order valence-electron chi connectivity index (χ3n) is 6.03. The second-order valence-electron chi connectivity index (χ2n) is 9.30. The molecule has 1 saturated heterocycles. The molecule has 9 nitrogen and oxygen atoms in total. The molecule has 2 atom stereocenters. The van der Waals surface area contributed by atoms with Gasteiger partial charge in [-0.3, -0.25) is 29.2 Å². The molecule has 1 aromatic carbocycles. The SMILES string of the molecule is CC(=O)C1CCCN(C(=O)C(C)NC(=O)CNC(=O)[CH-]/C=C/c2ccc3ccc(C(C)C)cc3n2)N1.[Rb+]. The second-order valence-corrected chi connectivity index (χ2v) is 9.30. The number of carbonyl (C=O) groups is 4. The number of nitrogens with zero attached hydrogens (tertiary/aromatic N) is 2. The van der Waals surface area contributed by atoms with E-state index < -0.39 is 23.9 Å². The van der Waals surface area contributed by atoms with Gasteiger partial charge in [0.2, 0.25) is 5.91 Å². The van der Waals surface area contributed by atoms with Crippen molar-refractivity contribution in [2.24, 2.45) is 0 Å². The minimum atomic E-state index is -0.799. The molecule has 10 heteroatoms. The fraction of sp³-hybridized carbons (Fsp3) is 0.407. The summed E-state index contributed by atoms with van der Waals surface area (Å²) in [5.74, 6) is -0.886. The average molecular weight is 578 g/mol. The Morgan fingerprint density at radius 1 is 1.19 bits per heavy atom. The maximum Gasteiger partial charge on any atom is 1.00 e. The van der Waals surface area contributed by atoms with Crippen LogP contribution in [0, 0.1) is 6.42 Å². The van der Waals surface area contributed by atoms with Gasteiger partial charge in [0.1, 0.15) is 11.8 Å². The molecule has 1 aliphatic rings. The number of hydrogen-bond acceptors (Lipinski definition) is 6. The molecule has 1 aliphatic heterocycles. The Balaban J connectivity index is 0.00000481. The van der Waals surface area contributed by atoms with Gasteiger partial charge in [-0.1, -0.05) is 38.1 Å². The second kappa shape index (κ2) is 14.9. The minimum Gasteiger partial charge on any atom is -0.359 e. The van der Waals surface area contributed by atoms with Crippen LogP contribution in [0.4, 0.5) is 0 Å². The van der Waals surface area contributed by atoms with Gasteiger partial charge in [-0.25, -0.2) is 11.5 Å². The number of nitrogens with one attached hydrogen (secondary N) is 3. The number of hydrogen-bond donors (Lipinski definition) is 3. The molecule has 0 radical (unpaired) electrons. The van der Waals surface area contributed by atoms with Crippen molar-refractivity contribution < 1.29 is 77.4 Å². The van der Waals surface area contributed by atoms with Crippen LogP contribution >= 0.6 is 0 Å². The molecule has 2 unspecified atom stereocenters. The number of aromatic nitrogens is 1. The zero-order valence-electron chi connectivity index (χ0n) is 22.2. The molecule has 2 heterocycles. The molecule has 0 saturated carbocycles. The summed E-state index contributed by atoms with van der Waals surface area (Å²) in [7, 11) is 0. The summed E-state index contributed by atoms with van der Waals surface area (Å²) in [6.45, 7) is 7.51. The van der Waals surface area contributed by atoms with E-state index in [9.17, 15) is 19.2 Å². The molecule has 1 fully saturated rings. The van der Waals surface area contributed by atoms with E-state index in [2.05, 4.69) is 53.1 Å². The number of amides is 3. The number of fused-ring (bicyclic) bond motifs is 1. The van der Waals surface area contributed by atoms with E-state index in [1.165, 1.54) is 23.9 Å². The summed E-state index contributed by atoms with van der Waals surface area (Å²) in [6.07, 6.45) is 6.00. The van der Waals surface area contributed by atoms with E-state index in [1.54, 1.807) is 19.1 Å². The van der Waals surface area contributed by atoms with Crippen molar-refractivity contribution in [1.29, 1.82) is 0 Å². The van der Waals surface area contributed by atoms with Crippen LogP contribution in [0.2, 0.25) is 0 Å². The number of pyridine rings is 1. The smallest absolute Gasteiger partial charge is 0.359 e. The molecule has 37 heavy (non-hydrogen) atoms. The zero-order chi connectivity index (χ0) is 26.2. The molecule has 3 rings (SSSR count). The van der Waals surface area contributed by atoms with Crippen LogP contribution in [0.25, 0.3) is 17.0 Å². The number of rotatable bonds is 9. The number of Topliss-reactive ketones (excluding diaryl/α,β-unsaturated/α-hetero) is 1. The minimum absolute atomic E-state index is 0. The van der Waals surface area contributed by atoms with Gasteiger partial charge >= 0.3 is 58.2 Å². The van der Waals surface area contributed by atoms with E-state index in [0.717, 1.165) is 16.6 Å². The Hall–Kier alpha value is -1.91. The van der Waals surface area contributed by atoms with Crippen LogP contribution in [0.15, 0.2) is 36.4 Å². The summed E-state index contributed by atoms with van der Waals surface area (Å²) < 4.78 is 0. The number of carbonyl (C=O) groups excluding carboxylic acids is 4. The van der Waals surface area contributed by atoms with Crippen molar-refractivity contribution in [3.05, 3.63) is 54.1 Å². The first kappa shape index (κ1) is 31.3. The Kier molecular flexibility index (Phi) is 12.6.